The Bertz CT molecular complexity index is 1700. The summed E-state index contributed by atoms with van der Waals surface area (Å²) < 4.78 is 0. The predicted octanol–water partition coefficient (Wildman–Crippen LogP) is 5.74. The van der Waals surface area contributed by atoms with Gasteiger partial charge >= 0.3 is 0 Å². The summed E-state index contributed by atoms with van der Waals surface area (Å²) in [6, 6.07) is 61.8. The van der Waals surface area contributed by atoms with E-state index in [0.717, 1.165) is 0 Å². The largest absolute Gasteiger partial charge is 0.171 e. The van der Waals surface area contributed by atoms with E-state index in [0.29, 0.717) is 0 Å². The molecule has 6 rings (SSSR count). The molecule has 42 heavy (non-hydrogen) atoms. The first kappa shape index (κ1) is 27.4. The van der Waals surface area contributed by atoms with Gasteiger partial charge in [-0.3, -0.25) is 0 Å². The zero-order valence-corrected chi connectivity index (χ0v) is 25.7. The zero-order chi connectivity index (χ0) is 28.8. The lowest BCUT2D eigenvalue weighted by Gasteiger charge is -2.31. The molecule has 0 aliphatic carbocycles. The quantitative estimate of drug-likeness (QED) is 0.154. The molecule has 0 radical (unpaired) electrons. The van der Waals surface area contributed by atoms with E-state index >= 15 is 0 Å². The Kier molecular flexibility index (Phi) is 7.83. The molecule has 0 heterocycles. The smallest absolute Gasteiger partial charge is 0.106 e. The van der Waals surface area contributed by atoms with Crippen LogP contribution in [-0.4, -0.2) is 16.1 Å². The van der Waals surface area contributed by atoms with Gasteiger partial charge in [-0.1, -0.05) is 181 Å². The van der Waals surface area contributed by atoms with Crippen molar-refractivity contribution in [1.82, 2.24) is 0 Å². The van der Waals surface area contributed by atoms with Gasteiger partial charge in [-0.15, -0.1) is 13.2 Å². The van der Waals surface area contributed by atoms with E-state index in [1.54, 1.807) is 0 Å². The second kappa shape index (κ2) is 12.0. The van der Waals surface area contributed by atoms with Crippen molar-refractivity contribution in [3.63, 3.8) is 0 Å². The normalized spacial score (nSPS) is 11.5. The van der Waals surface area contributed by atoms with Gasteiger partial charge < -0.3 is 0 Å². The SMILES string of the molecule is C=C[Si](c1ccccc1)(c1ccccc1)c1ccc(-c2cccc([Si](C=C)(c3ccccc3)c3ccccc3)c2)cc1. The van der Waals surface area contributed by atoms with Crippen molar-refractivity contribution in [2.45, 2.75) is 0 Å². The van der Waals surface area contributed by atoms with Crippen molar-refractivity contribution in [3.8, 4) is 11.1 Å². The molecule has 0 fully saturated rings. The highest BCUT2D eigenvalue weighted by Crippen LogP contribution is 2.20. The average Bonchev–Trinajstić information content (AvgIpc) is 3.08. The van der Waals surface area contributed by atoms with E-state index in [1.165, 1.54) is 42.2 Å². The van der Waals surface area contributed by atoms with Crippen LogP contribution in [0.2, 0.25) is 0 Å². The number of hydrogen-bond donors (Lipinski definition) is 0. The molecular formula is C40H34Si2. The fraction of sp³-hybridized carbons (Fsp3) is 0. The summed E-state index contributed by atoms with van der Waals surface area (Å²) >= 11 is 0. The minimum atomic E-state index is -2.44. The molecule has 2 heteroatoms. The summed E-state index contributed by atoms with van der Waals surface area (Å²) in [7, 11) is -4.84. The molecule has 0 spiro atoms. The van der Waals surface area contributed by atoms with E-state index < -0.39 is 16.1 Å². The number of benzene rings is 6. The first-order valence-corrected chi connectivity index (χ1v) is 18.6. The summed E-state index contributed by atoms with van der Waals surface area (Å²) in [6.07, 6.45) is 0. The lowest BCUT2D eigenvalue weighted by Crippen LogP contribution is -2.66. The predicted molar refractivity (Wildman–Crippen MR) is 187 cm³/mol. The van der Waals surface area contributed by atoms with Crippen LogP contribution >= 0.6 is 0 Å². The first-order chi connectivity index (χ1) is 20.7. The Morgan fingerprint density at radius 1 is 0.310 bits per heavy atom. The van der Waals surface area contributed by atoms with E-state index in [9.17, 15) is 0 Å². The van der Waals surface area contributed by atoms with Crippen molar-refractivity contribution in [2.75, 3.05) is 0 Å². The van der Waals surface area contributed by atoms with Crippen molar-refractivity contribution in [2.24, 2.45) is 0 Å². The Morgan fingerprint density at radius 2 is 0.643 bits per heavy atom. The molecule has 6 aromatic carbocycles. The molecule has 0 saturated carbocycles. The minimum Gasteiger partial charge on any atom is -0.106 e. The molecule has 0 unspecified atom stereocenters. The molecule has 0 N–H and O–H groups in total. The molecule has 0 nitrogen and oxygen atoms in total. The summed E-state index contributed by atoms with van der Waals surface area (Å²) in [6.45, 7) is 8.83. The third kappa shape index (κ3) is 4.75. The van der Waals surface area contributed by atoms with Crippen LogP contribution in [0.15, 0.2) is 194 Å². The fourth-order valence-electron chi connectivity index (χ4n) is 6.38. The topological polar surface area (TPSA) is 0 Å². The monoisotopic (exact) mass is 570 g/mol. The van der Waals surface area contributed by atoms with Crippen LogP contribution in [0, 0.1) is 0 Å². The van der Waals surface area contributed by atoms with E-state index in [4.69, 9.17) is 0 Å². The van der Waals surface area contributed by atoms with Crippen molar-refractivity contribution < 1.29 is 0 Å². The molecule has 6 aromatic rings. The van der Waals surface area contributed by atoms with Gasteiger partial charge in [0.25, 0.3) is 0 Å². The average molecular weight is 571 g/mol. The number of rotatable bonds is 9. The molecule has 0 aliphatic rings. The molecule has 202 valence electrons. The lowest BCUT2D eigenvalue weighted by molar-refractivity contribution is 1.63. The Labute approximate surface area is 252 Å². The molecule has 0 aromatic heterocycles. The highest BCUT2D eigenvalue weighted by molar-refractivity contribution is 7.15. The molecular weight excluding hydrogens is 537 g/mol. The first-order valence-electron chi connectivity index (χ1n) is 14.4. The summed E-state index contributed by atoms with van der Waals surface area (Å²) in [5.74, 6) is 0. The fourth-order valence-corrected chi connectivity index (χ4v) is 14.1. The lowest BCUT2D eigenvalue weighted by atomic mass is 10.1. The van der Waals surface area contributed by atoms with E-state index in [1.807, 2.05) is 0 Å². The van der Waals surface area contributed by atoms with Crippen LogP contribution in [0.25, 0.3) is 11.1 Å². The van der Waals surface area contributed by atoms with Crippen molar-refractivity contribution in [1.29, 1.82) is 0 Å². The minimum absolute atomic E-state index is 1.21. The third-order valence-corrected chi connectivity index (χ3v) is 17.2. The van der Waals surface area contributed by atoms with Gasteiger partial charge in [-0.05, 0) is 42.2 Å². The van der Waals surface area contributed by atoms with Gasteiger partial charge in [0.15, 0.2) is 16.1 Å². The molecule has 0 aliphatic heterocycles. The highest BCUT2D eigenvalue weighted by atomic mass is 28.3. The molecule has 0 saturated heterocycles. The van der Waals surface area contributed by atoms with Gasteiger partial charge in [-0.2, -0.15) is 0 Å². The van der Waals surface area contributed by atoms with E-state index in [2.05, 4.69) is 194 Å². The van der Waals surface area contributed by atoms with Crippen molar-refractivity contribution >= 4 is 47.3 Å². The Morgan fingerprint density at radius 3 is 1.02 bits per heavy atom. The van der Waals surface area contributed by atoms with Gasteiger partial charge in [0.1, 0.15) is 0 Å². The van der Waals surface area contributed by atoms with Crippen LogP contribution in [0.5, 0.6) is 0 Å². The van der Waals surface area contributed by atoms with Crippen LogP contribution in [0.1, 0.15) is 0 Å². The van der Waals surface area contributed by atoms with Gasteiger partial charge in [-0.25, -0.2) is 0 Å². The van der Waals surface area contributed by atoms with Crippen LogP contribution in [0.4, 0.5) is 0 Å². The van der Waals surface area contributed by atoms with E-state index in [-0.39, 0.29) is 0 Å². The van der Waals surface area contributed by atoms with Gasteiger partial charge in [0.05, 0.1) is 0 Å². The second-order valence-electron chi connectivity index (χ2n) is 10.6. The summed E-state index contributed by atoms with van der Waals surface area (Å²) in [5, 5.41) is 8.03. The zero-order valence-electron chi connectivity index (χ0n) is 23.7. The number of hydrogen-bond acceptors (Lipinski definition) is 0. The van der Waals surface area contributed by atoms with Crippen LogP contribution in [0.3, 0.4) is 0 Å². The second-order valence-corrected chi connectivity index (χ2v) is 18.2. The maximum absolute atomic E-state index is 4.43. The third-order valence-electron chi connectivity index (χ3n) is 8.52. The molecule has 0 atom stereocenters. The van der Waals surface area contributed by atoms with Crippen LogP contribution < -0.4 is 31.1 Å². The Balaban J connectivity index is 1.46. The summed E-state index contributed by atoms with van der Waals surface area (Å²) in [5.41, 5.74) is 6.87. The maximum atomic E-state index is 4.43. The Hall–Kier alpha value is -4.77. The molecule has 0 amide bonds. The van der Waals surface area contributed by atoms with Crippen molar-refractivity contribution in [3.05, 3.63) is 194 Å². The summed E-state index contributed by atoms with van der Waals surface area (Å²) in [4.78, 5) is 0. The standard InChI is InChI=1S/C40H34Si2/c1-3-41(35-19-9-5-10-20-35,36-21-11-6-12-22-36)39-30-28-33(29-31-39)34-18-17-27-40(32-34)42(4-2,37-23-13-7-14-24-37)38-25-15-8-16-26-38/h3-32H,1-2H2. The van der Waals surface area contributed by atoms with Gasteiger partial charge in [0, 0.05) is 0 Å². The maximum Gasteiger partial charge on any atom is 0.171 e. The molecule has 0 bridgehead atoms. The van der Waals surface area contributed by atoms with Gasteiger partial charge in [0.2, 0.25) is 0 Å². The highest BCUT2D eigenvalue weighted by Gasteiger charge is 2.37. The van der Waals surface area contributed by atoms with Crippen LogP contribution in [-0.2, 0) is 0 Å².